The molecular weight excluding hydrogens is 486 g/mol. The lowest BCUT2D eigenvalue weighted by Gasteiger charge is -2.26. The maximum atomic E-state index is 13.8. The summed E-state index contributed by atoms with van der Waals surface area (Å²) in [6.45, 7) is 1.94. The van der Waals surface area contributed by atoms with Crippen LogP contribution in [0.5, 0.6) is 5.75 Å². The second-order valence-electron chi connectivity index (χ2n) is 8.27. The molecule has 0 radical (unpaired) electrons. The molecule has 0 aliphatic carbocycles. The predicted molar refractivity (Wildman–Crippen MR) is 145 cm³/mol. The Balaban J connectivity index is 1.70. The third kappa shape index (κ3) is 6.05. The van der Waals surface area contributed by atoms with Crippen LogP contribution in [0.1, 0.15) is 27.0 Å². The van der Waals surface area contributed by atoms with E-state index in [2.05, 4.69) is 10.5 Å². The van der Waals surface area contributed by atoms with Crippen molar-refractivity contribution in [3.8, 4) is 5.75 Å². The van der Waals surface area contributed by atoms with E-state index in [0.717, 1.165) is 11.1 Å². The summed E-state index contributed by atoms with van der Waals surface area (Å²) in [6, 6.07) is 29.7. The van der Waals surface area contributed by atoms with Gasteiger partial charge in [-0.3, -0.25) is 9.10 Å². The summed E-state index contributed by atoms with van der Waals surface area (Å²) < 4.78 is 34.2. The number of hydrazone groups is 1. The lowest BCUT2D eigenvalue weighted by molar-refractivity contribution is 0.0955. The molecule has 0 atom stereocenters. The molecule has 0 saturated heterocycles. The molecule has 0 unspecified atom stereocenters. The van der Waals surface area contributed by atoms with Crippen molar-refractivity contribution in [3.63, 3.8) is 0 Å². The SMILES string of the molecule is COc1ccccc1/C=N/NC(=O)c1ccccc1N(Cc1ccccc1)S(=O)(=O)c1ccc(C)cc1. The molecule has 37 heavy (non-hydrogen) atoms. The molecule has 0 heterocycles. The highest BCUT2D eigenvalue weighted by molar-refractivity contribution is 7.92. The highest BCUT2D eigenvalue weighted by atomic mass is 32.2. The van der Waals surface area contributed by atoms with Gasteiger partial charge < -0.3 is 4.74 Å². The first-order valence-electron chi connectivity index (χ1n) is 11.6. The van der Waals surface area contributed by atoms with Gasteiger partial charge in [0.25, 0.3) is 15.9 Å². The molecule has 0 fully saturated rings. The zero-order valence-electron chi connectivity index (χ0n) is 20.5. The van der Waals surface area contributed by atoms with Gasteiger partial charge in [0.15, 0.2) is 0 Å². The van der Waals surface area contributed by atoms with E-state index in [4.69, 9.17) is 4.74 Å². The summed E-state index contributed by atoms with van der Waals surface area (Å²) in [5.74, 6) is 0.0676. The molecule has 0 aliphatic rings. The Morgan fingerprint density at radius 1 is 0.892 bits per heavy atom. The highest BCUT2D eigenvalue weighted by Crippen LogP contribution is 2.29. The molecule has 8 heteroatoms. The number of rotatable bonds is 9. The molecule has 0 bridgehead atoms. The van der Waals surface area contributed by atoms with Gasteiger partial charge in [-0.25, -0.2) is 13.8 Å². The number of nitrogens with zero attached hydrogens (tertiary/aromatic N) is 2. The molecule has 188 valence electrons. The first kappa shape index (κ1) is 25.7. The van der Waals surface area contributed by atoms with Gasteiger partial charge in [0.2, 0.25) is 0 Å². The number of para-hydroxylation sites is 2. The number of carbonyl (C=O) groups is 1. The van der Waals surface area contributed by atoms with Crippen LogP contribution in [0.2, 0.25) is 0 Å². The number of hydrogen-bond donors (Lipinski definition) is 1. The van der Waals surface area contributed by atoms with Gasteiger partial charge in [-0.2, -0.15) is 5.10 Å². The van der Waals surface area contributed by atoms with Crippen LogP contribution >= 0.6 is 0 Å². The molecule has 0 aliphatic heterocycles. The molecule has 4 aromatic carbocycles. The lowest BCUT2D eigenvalue weighted by atomic mass is 10.1. The highest BCUT2D eigenvalue weighted by Gasteiger charge is 2.28. The van der Waals surface area contributed by atoms with Crippen LogP contribution in [-0.2, 0) is 16.6 Å². The first-order valence-corrected chi connectivity index (χ1v) is 13.0. The summed E-state index contributed by atoms with van der Waals surface area (Å²) in [7, 11) is -2.45. The van der Waals surface area contributed by atoms with E-state index in [0.29, 0.717) is 11.3 Å². The van der Waals surface area contributed by atoms with Crippen molar-refractivity contribution in [3.05, 3.63) is 125 Å². The standard InChI is InChI=1S/C29H27N3O4S/c1-22-16-18-25(19-17-22)37(34,35)32(21-23-10-4-3-5-11-23)27-14-8-7-13-26(27)29(33)31-30-20-24-12-6-9-15-28(24)36-2/h3-20H,21H2,1-2H3,(H,31,33)/b30-20+. The van der Waals surface area contributed by atoms with E-state index in [1.807, 2.05) is 49.4 Å². The fourth-order valence-corrected chi connectivity index (χ4v) is 5.23. The quantitative estimate of drug-likeness (QED) is 0.247. The first-order chi connectivity index (χ1) is 17.9. The van der Waals surface area contributed by atoms with E-state index >= 15 is 0 Å². The van der Waals surface area contributed by atoms with Gasteiger partial charge in [0.1, 0.15) is 5.75 Å². The number of anilines is 1. The zero-order chi connectivity index (χ0) is 26.3. The molecule has 1 amide bonds. The van der Waals surface area contributed by atoms with Gasteiger partial charge >= 0.3 is 0 Å². The van der Waals surface area contributed by atoms with Crippen LogP contribution in [0.15, 0.2) is 113 Å². The van der Waals surface area contributed by atoms with Gasteiger partial charge in [-0.1, -0.05) is 72.3 Å². The third-order valence-corrected chi connectivity index (χ3v) is 7.48. The van der Waals surface area contributed by atoms with Crippen molar-refractivity contribution in [2.75, 3.05) is 11.4 Å². The summed E-state index contributed by atoms with van der Waals surface area (Å²) in [6.07, 6.45) is 1.48. The largest absolute Gasteiger partial charge is 0.496 e. The van der Waals surface area contributed by atoms with Gasteiger partial charge in [-0.05, 0) is 48.9 Å². The Labute approximate surface area is 217 Å². The van der Waals surface area contributed by atoms with Crippen LogP contribution in [0.25, 0.3) is 0 Å². The number of hydrogen-bond acceptors (Lipinski definition) is 5. The summed E-state index contributed by atoms with van der Waals surface area (Å²) >= 11 is 0. The number of amides is 1. The van der Waals surface area contributed by atoms with Gasteiger partial charge in [0.05, 0.1) is 36.0 Å². The van der Waals surface area contributed by atoms with E-state index in [1.54, 1.807) is 67.8 Å². The Hall–Kier alpha value is -4.43. The third-order valence-electron chi connectivity index (χ3n) is 5.70. The minimum absolute atomic E-state index is 0.0474. The van der Waals surface area contributed by atoms with Crippen LogP contribution in [0, 0.1) is 6.92 Å². The second-order valence-corrected chi connectivity index (χ2v) is 10.1. The summed E-state index contributed by atoms with van der Waals surface area (Å²) in [4.78, 5) is 13.3. The number of nitrogens with one attached hydrogen (secondary N) is 1. The molecular formula is C29H27N3O4S. The topological polar surface area (TPSA) is 88.1 Å². The van der Waals surface area contributed by atoms with Crippen molar-refractivity contribution >= 4 is 27.8 Å². The summed E-state index contributed by atoms with van der Waals surface area (Å²) in [5.41, 5.74) is 5.34. The van der Waals surface area contributed by atoms with Crippen LogP contribution in [-0.4, -0.2) is 27.6 Å². The smallest absolute Gasteiger partial charge is 0.273 e. The number of ether oxygens (including phenoxy) is 1. The number of methoxy groups -OCH3 is 1. The molecule has 4 rings (SSSR count). The van der Waals surface area contributed by atoms with E-state index in [-0.39, 0.29) is 22.7 Å². The molecule has 1 N–H and O–H groups in total. The van der Waals surface area contributed by atoms with E-state index in [9.17, 15) is 13.2 Å². The molecule has 4 aromatic rings. The Bertz CT molecular complexity index is 1500. The van der Waals surface area contributed by atoms with E-state index in [1.165, 1.54) is 10.5 Å². The zero-order valence-corrected chi connectivity index (χ0v) is 21.4. The van der Waals surface area contributed by atoms with Crippen molar-refractivity contribution in [2.24, 2.45) is 5.10 Å². The Kier molecular flexibility index (Phi) is 8.00. The molecule has 0 aromatic heterocycles. The van der Waals surface area contributed by atoms with Crippen LogP contribution < -0.4 is 14.5 Å². The minimum Gasteiger partial charge on any atom is -0.496 e. The average molecular weight is 514 g/mol. The number of sulfonamides is 1. The van der Waals surface area contributed by atoms with Crippen LogP contribution in [0.3, 0.4) is 0 Å². The van der Waals surface area contributed by atoms with Gasteiger partial charge in [-0.15, -0.1) is 0 Å². The lowest BCUT2D eigenvalue weighted by Crippen LogP contribution is -2.33. The molecule has 0 spiro atoms. The number of benzene rings is 4. The van der Waals surface area contributed by atoms with E-state index < -0.39 is 15.9 Å². The Morgan fingerprint density at radius 2 is 1.54 bits per heavy atom. The molecule has 0 saturated carbocycles. The minimum atomic E-state index is -4.00. The normalized spacial score (nSPS) is 11.3. The fourth-order valence-electron chi connectivity index (χ4n) is 3.76. The maximum Gasteiger partial charge on any atom is 0.273 e. The second kappa shape index (κ2) is 11.5. The maximum absolute atomic E-state index is 13.8. The van der Waals surface area contributed by atoms with Crippen LogP contribution in [0.4, 0.5) is 5.69 Å². The van der Waals surface area contributed by atoms with Crippen molar-refractivity contribution in [2.45, 2.75) is 18.4 Å². The monoisotopic (exact) mass is 513 g/mol. The van der Waals surface area contributed by atoms with Crippen molar-refractivity contribution in [1.82, 2.24) is 5.43 Å². The number of carbonyl (C=O) groups excluding carboxylic acids is 1. The average Bonchev–Trinajstić information content (AvgIpc) is 2.92. The Morgan fingerprint density at radius 3 is 2.27 bits per heavy atom. The number of aryl methyl sites for hydroxylation is 1. The fraction of sp³-hybridized carbons (Fsp3) is 0.103. The summed E-state index contributed by atoms with van der Waals surface area (Å²) in [5, 5.41) is 4.07. The van der Waals surface area contributed by atoms with Crippen molar-refractivity contribution < 1.29 is 17.9 Å². The van der Waals surface area contributed by atoms with Crippen molar-refractivity contribution in [1.29, 1.82) is 0 Å². The van der Waals surface area contributed by atoms with Gasteiger partial charge in [0, 0.05) is 5.56 Å². The molecule has 7 nitrogen and oxygen atoms in total. The predicted octanol–water partition coefficient (Wildman–Crippen LogP) is 5.16.